The topological polar surface area (TPSA) is 29.3 Å². The van der Waals surface area contributed by atoms with Crippen molar-refractivity contribution in [1.29, 1.82) is 0 Å². The van der Waals surface area contributed by atoms with Gasteiger partial charge < -0.3 is 9.32 Å². The molecule has 0 saturated carbocycles. The number of hydrogen-bond donors (Lipinski definition) is 0. The van der Waals surface area contributed by atoms with Gasteiger partial charge in [0.15, 0.2) is 5.58 Å². The Balaban J connectivity index is 1.03. The molecule has 0 saturated heterocycles. The molecule has 0 aliphatic rings. The molecular weight excluding hydrogens is 689 g/mol. The highest BCUT2D eigenvalue weighted by atomic mass is 32.1. The maximum absolute atomic E-state index is 6.25. The van der Waals surface area contributed by atoms with Gasteiger partial charge >= 0.3 is 0 Å². The van der Waals surface area contributed by atoms with Crippen LogP contribution in [0, 0.1) is 0 Å². The van der Waals surface area contributed by atoms with Crippen molar-refractivity contribution in [2.45, 2.75) is 0 Å². The van der Waals surface area contributed by atoms with E-state index in [9.17, 15) is 0 Å². The summed E-state index contributed by atoms with van der Waals surface area (Å²) in [6.45, 7) is 0. The number of nitrogens with zero attached hydrogens (tertiary/aromatic N) is 2. The molecule has 9 aromatic carbocycles. The maximum atomic E-state index is 6.25. The molecule has 0 amide bonds. The molecule has 0 aliphatic heterocycles. The Bertz CT molecular complexity index is 3190. The summed E-state index contributed by atoms with van der Waals surface area (Å²) in [5.41, 5.74) is 10.7. The van der Waals surface area contributed by atoms with E-state index in [4.69, 9.17) is 9.40 Å². The average Bonchev–Trinajstić information content (AvgIpc) is 3.84. The molecule has 0 spiro atoms. The smallest absolute Gasteiger partial charge is 0.227 e. The number of thiophene rings is 1. The molecule has 2 aromatic heterocycles. The van der Waals surface area contributed by atoms with Crippen molar-refractivity contribution in [1.82, 2.24) is 4.98 Å². The molecule has 0 radical (unpaired) electrons. The van der Waals surface area contributed by atoms with Crippen LogP contribution in [0.3, 0.4) is 0 Å². The summed E-state index contributed by atoms with van der Waals surface area (Å²) in [6, 6.07) is 69.5. The van der Waals surface area contributed by atoms with E-state index in [0.29, 0.717) is 5.89 Å². The van der Waals surface area contributed by atoms with Crippen LogP contribution in [0.2, 0.25) is 0 Å². The predicted molar refractivity (Wildman–Crippen MR) is 233 cm³/mol. The van der Waals surface area contributed by atoms with Crippen LogP contribution < -0.4 is 4.90 Å². The van der Waals surface area contributed by atoms with Gasteiger partial charge in [-0.3, -0.25) is 0 Å². The summed E-state index contributed by atoms with van der Waals surface area (Å²) in [4.78, 5) is 7.26. The first kappa shape index (κ1) is 31.5. The number of anilines is 3. The van der Waals surface area contributed by atoms with Gasteiger partial charge in [-0.25, -0.2) is 4.98 Å². The van der Waals surface area contributed by atoms with Gasteiger partial charge in [0.05, 0.1) is 0 Å². The van der Waals surface area contributed by atoms with E-state index < -0.39 is 0 Å². The Hall–Kier alpha value is -7.01. The molecule has 0 bridgehead atoms. The highest BCUT2D eigenvalue weighted by molar-refractivity contribution is 7.25. The van der Waals surface area contributed by atoms with E-state index in [2.05, 4.69) is 169 Å². The number of oxazole rings is 1. The summed E-state index contributed by atoms with van der Waals surface area (Å²) in [7, 11) is 0. The molecule has 0 unspecified atom stereocenters. The van der Waals surface area contributed by atoms with Crippen LogP contribution in [0.1, 0.15) is 0 Å². The summed E-state index contributed by atoms with van der Waals surface area (Å²) in [5, 5.41) is 7.37. The molecule has 55 heavy (non-hydrogen) atoms. The van der Waals surface area contributed by atoms with Crippen molar-refractivity contribution in [3.05, 3.63) is 194 Å². The van der Waals surface area contributed by atoms with Gasteiger partial charge in [-0.15, -0.1) is 11.3 Å². The Morgan fingerprint density at radius 3 is 1.87 bits per heavy atom. The second-order valence-corrected chi connectivity index (χ2v) is 15.1. The average molecular weight is 721 g/mol. The van der Waals surface area contributed by atoms with Crippen LogP contribution in [-0.2, 0) is 0 Å². The quantitative estimate of drug-likeness (QED) is 0.171. The Morgan fingerprint density at radius 2 is 1.05 bits per heavy atom. The number of benzene rings is 9. The van der Waals surface area contributed by atoms with Crippen LogP contribution in [-0.4, -0.2) is 4.98 Å². The molecular formula is C51H32N2OS. The lowest BCUT2D eigenvalue weighted by Crippen LogP contribution is -2.09. The monoisotopic (exact) mass is 720 g/mol. The van der Waals surface area contributed by atoms with E-state index in [-0.39, 0.29) is 0 Å². The van der Waals surface area contributed by atoms with Crippen LogP contribution in [0.15, 0.2) is 199 Å². The first-order valence-electron chi connectivity index (χ1n) is 18.5. The summed E-state index contributed by atoms with van der Waals surface area (Å²) in [5.74, 6) is 0.642. The highest BCUT2D eigenvalue weighted by Gasteiger charge is 2.18. The van der Waals surface area contributed by atoms with Gasteiger partial charge in [-0.1, -0.05) is 121 Å². The number of fused-ring (bicyclic) bond motifs is 6. The van der Waals surface area contributed by atoms with Gasteiger partial charge in [0.25, 0.3) is 0 Å². The molecule has 3 nitrogen and oxygen atoms in total. The third-order valence-corrected chi connectivity index (χ3v) is 11.8. The predicted octanol–water partition coefficient (Wildman–Crippen LogP) is 15.0. The molecule has 0 N–H and O–H groups in total. The molecule has 258 valence electrons. The Morgan fingerprint density at radius 1 is 0.400 bits per heavy atom. The molecule has 11 aromatic rings. The van der Waals surface area contributed by atoms with Crippen molar-refractivity contribution < 1.29 is 4.42 Å². The van der Waals surface area contributed by atoms with E-state index in [1.807, 2.05) is 30.3 Å². The van der Waals surface area contributed by atoms with Crippen molar-refractivity contribution >= 4 is 81.2 Å². The molecule has 11 rings (SSSR count). The minimum Gasteiger partial charge on any atom is -0.436 e. The number of aromatic nitrogens is 1. The van der Waals surface area contributed by atoms with Crippen molar-refractivity contribution in [3.63, 3.8) is 0 Å². The van der Waals surface area contributed by atoms with Gasteiger partial charge in [-0.05, 0) is 111 Å². The number of hydrogen-bond acceptors (Lipinski definition) is 4. The summed E-state index contributed by atoms with van der Waals surface area (Å²) >= 11 is 1.79. The van der Waals surface area contributed by atoms with Gasteiger partial charge in [0, 0.05) is 48.9 Å². The van der Waals surface area contributed by atoms with E-state index in [1.165, 1.54) is 64.0 Å². The zero-order chi connectivity index (χ0) is 36.3. The largest absolute Gasteiger partial charge is 0.436 e. The minimum absolute atomic E-state index is 0.642. The number of rotatable bonds is 6. The second kappa shape index (κ2) is 12.8. The Labute approximate surface area is 322 Å². The SMILES string of the molecule is c1ccc(-c2nc3cc4c(cc3o2)sc2ccc(N(c3ccc(-c5ccc6ccccc6c5)cc3)c3ccc(-c5cccc6ccccc56)cc3)cc24)cc1. The second-order valence-electron chi connectivity index (χ2n) is 14.0. The van der Waals surface area contributed by atoms with E-state index in [0.717, 1.165) is 33.7 Å². The van der Waals surface area contributed by atoms with Crippen LogP contribution in [0.5, 0.6) is 0 Å². The van der Waals surface area contributed by atoms with E-state index >= 15 is 0 Å². The van der Waals surface area contributed by atoms with Crippen LogP contribution in [0.4, 0.5) is 17.1 Å². The van der Waals surface area contributed by atoms with Crippen LogP contribution in [0.25, 0.3) is 86.5 Å². The fourth-order valence-electron chi connectivity index (χ4n) is 7.92. The minimum atomic E-state index is 0.642. The molecule has 0 aliphatic carbocycles. The molecule has 0 atom stereocenters. The lowest BCUT2D eigenvalue weighted by Gasteiger charge is -2.26. The first-order chi connectivity index (χ1) is 27.2. The van der Waals surface area contributed by atoms with Crippen LogP contribution >= 0.6 is 11.3 Å². The first-order valence-corrected chi connectivity index (χ1v) is 19.3. The third kappa shape index (κ3) is 5.54. The summed E-state index contributed by atoms with van der Waals surface area (Å²) in [6.07, 6.45) is 0. The van der Waals surface area contributed by atoms with Crippen molar-refractivity contribution in [3.8, 4) is 33.7 Å². The lowest BCUT2D eigenvalue weighted by atomic mass is 9.98. The van der Waals surface area contributed by atoms with E-state index in [1.54, 1.807) is 11.3 Å². The fraction of sp³-hybridized carbons (Fsp3) is 0. The highest BCUT2D eigenvalue weighted by Crippen LogP contribution is 2.43. The zero-order valence-electron chi connectivity index (χ0n) is 29.7. The molecule has 0 fully saturated rings. The zero-order valence-corrected chi connectivity index (χ0v) is 30.5. The Kier molecular flexibility index (Phi) is 7.35. The molecule has 4 heteroatoms. The van der Waals surface area contributed by atoms with Gasteiger partial charge in [0.1, 0.15) is 5.52 Å². The lowest BCUT2D eigenvalue weighted by molar-refractivity contribution is 0.620. The van der Waals surface area contributed by atoms with Gasteiger partial charge in [0.2, 0.25) is 5.89 Å². The normalized spacial score (nSPS) is 11.6. The maximum Gasteiger partial charge on any atom is 0.227 e. The van der Waals surface area contributed by atoms with Gasteiger partial charge in [-0.2, -0.15) is 0 Å². The van der Waals surface area contributed by atoms with Crippen molar-refractivity contribution in [2.75, 3.05) is 4.90 Å². The summed E-state index contributed by atoms with van der Waals surface area (Å²) < 4.78 is 8.66. The molecule has 2 heterocycles. The fourth-order valence-corrected chi connectivity index (χ4v) is 9.01. The third-order valence-electron chi connectivity index (χ3n) is 10.7. The van der Waals surface area contributed by atoms with Crippen molar-refractivity contribution in [2.24, 2.45) is 0 Å². The standard InChI is InChI=1S/C51H32N2OS/c1-2-11-37(12-3-1)51-52-47-31-46-45-30-42(27-28-49(45)55-50(46)32-48(47)54-51)53(40-23-19-34(20-24-40)39-18-17-33-9-4-5-13-38(33)29-39)41-25-21-36(22-26-41)44-16-8-14-35-10-6-7-15-43(35)44/h1-32H.